The van der Waals surface area contributed by atoms with Gasteiger partial charge in [0.05, 0.1) is 10.8 Å². The molecule has 30 heavy (non-hydrogen) atoms. The van der Waals surface area contributed by atoms with Gasteiger partial charge in [0.1, 0.15) is 0 Å². The van der Waals surface area contributed by atoms with Crippen molar-refractivity contribution < 1.29 is 19.2 Å². The third-order valence-electron chi connectivity index (χ3n) is 10.0. The van der Waals surface area contributed by atoms with Gasteiger partial charge < -0.3 is 0 Å². The van der Waals surface area contributed by atoms with Crippen molar-refractivity contribution in [1.82, 2.24) is 9.80 Å². The number of carbonyl (C=O) groups is 4. The lowest BCUT2D eigenvalue weighted by atomic mass is 9.62. The van der Waals surface area contributed by atoms with E-state index in [0.29, 0.717) is 25.9 Å². The number of rotatable bonds is 5. The highest BCUT2D eigenvalue weighted by molar-refractivity contribution is 6.04. The molecule has 4 atom stereocenters. The van der Waals surface area contributed by atoms with Crippen LogP contribution >= 0.6 is 0 Å². The fourth-order valence-electron chi connectivity index (χ4n) is 6.77. The maximum absolute atomic E-state index is 13.1. The second-order valence-electron chi connectivity index (χ2n) is 11.6. The summed E-state index contributed by atoms with van der Waals surface area (Å²) < 4.78 is 0. The smallest absolute Gasteiger partial charge is 0.235 e. The molecule has 0 spiro atoms. The Labute approximate surface area is 179 Å². The van der Waals surface area contributed by atoms with Crippen LogP contribution in [0.4, 0.5) is 0 Å². The van der Waals surface area contributed by atoms with E-state index < -0.39 is 10.8 Å². The summed E-state index contributed by atoms with van der Waals surface area (Å²) in [4.78, 5) is 55.1. The van der Waals surface area contributed by atoms with Crippen LogP contribution in [0.1, 0.15) is 80.1 Å². The van der Waals surface area contributed by atoms with Crippen molar-refractivity contribution >= 4 is 23.6 Å². The molecule has 2 saturated carbocycles. The fraction of sp³-hybridized carbons (Fsp3) is 0.833. The summed E-state index contributed by atoms with van der Waals surface area (Å²) in [5.41, 5.74) is -1.56. The van der Waals surface area contributed by atoms with Crippen molar-refractivity contribution in [2.75, 3.05) is 13.1 Å². The van der Waals surface area contributed by atoms with Crippen molar-refractivity contribution in [3.05, 3.63) is 0 Å². The Morgan fingerprint density at radius 3 is 1.33 bits per heavy atom. The van der Waals surface area contributed by atoms with E-state index in [1.165, 1.54) is 9.80 Å². The summed E-state index contributed by atoms with van der Waals surface area (Å²) >= 11 is 0. The maximum atomic E-state index is 13.1. The van der Waals surface area contributed by atoms with E-state index in [1.807, 2.05) is 41.5 Å². The first-order chi connectivity index (χ1) is 13.8. The highest BCUT2D eigenvalue weighted by Crippen LogP contribution is 2.61. The van der Waals surface area contributed by atoms with Gasteiger partial charge in [0.2, 0.25) is 23.6 Å². The number of unbranched alkanes of at least 4 members (excludes halogenated alkanes) is 1. The largest absolute Gasteiger partial charge is 0.282 e. The number of amides is 4. The van der Waals surface area contributed by atoms with Gasteiger partial charge in [-0.3, -0.25) is 29.0 Å². The van der Waals surface area contributed by atoms with Gasteiger partial charge in [0.15, 0.2) is 0 Å². The van der Waals surface area contributed by atoms with Crippen LogP contribution in [0.2, 0.25) is 0 Å². The standard InChI is InChI=1S/C24H36N2O4/c1-21(2)15-9-11-23(21,5)19(29)25(17(15)27)13-7-8-14-26-18(28)16-10-12-24(6,20(26)30)22(16,3)4/h15-16H,7-14H2,1-6H3/t15-,16+,23-,24-/m0/s1. The summed E-state index contributed by atoms with van der Waals surface area (Å²) in [7, 11) is 0. The maximum Gasteiger partial charge on any atom is 0.235 e. The van der Waals surface area contributed by atoms with E-state index in [0.717, 1.165) is 25.7 Å². The van der Waals surface area contributed by atoms with Crippen molar-refractivity contribution in [1.29, 1.82) is 0 Å². The average molecular weight is 417 g/mol. The van der Waals surface area contributed by atoms with Crippen LogP contribution in [0.5, 0.6) is 0 Å². The first-order valence-electron chi connectivity index (χ1n) is 11.5. The first-order valence-corrected chi connectivity index (χ1v) is 11.5. The molecule has 4 amide bonds. The minimum Gasteiger partial charge on any atom is -0.282 e. The minimum atomic E-state index is -0.482. The van der Waals surface area contributed by atoms with Crippen molar-refractivity contribution in [3.63, 3.8) is 0 Å². The second-order valence-corrected chi connectivity index (χ2v) is 11.6. The quantitative estimate of drug-likeness (QED) is 0.509. The van der Waals surface area contributed by atoms with Gasteiger partial charge in [-0.05, 0) is 49.4 Å². The molecule has 4 fully saturated rings. The van der Waals surface area contributed by atoms with Crippen LogP contribution in [0, 0.1) is 33.5 Å². The Morgan fingerprint density at radius 2 is 1.00 bits per heavy atom. The Bertz CT molecular complexity index is 763. The molecule has 166 valence electrons. The van der Waals surface area contributed by atoms with Crippen LogP contribution in [0.15, 0.2) is 0 Å². The Kier molecular flexibility index (Phi) is 4.58. The van der Waals surface area contributed by atoms with E-state index in [4.69, 9.17) is 0 Å². The Morgan fingerprint density at radius 1 is 0.667 bits per heavy atom. The average Bonchev–Trinajstić information content (AvgIpc) is 2.97. The summed E-state index contributed by atoms with van der Waals surface area (Å²) in [6, 6.07) is 0. The predicted molar refractivity (Wildman–Crippen MR) is 112 cm³/mol. The lowest BCUT2D eigenvalue weighted by molar-refractivity contribution is -0.170. The molecule has 4 aliphatic rings. The molecule has 2 heterocycles. The molecule has 6 nitrogen and oxygen atoms in total. The Hall–Kier alpha value is -1.72. The number of fused-ring (bicyclic) bond motifs is 4. The van der Waals surface area contributed by atoms with Crippen LogP contribution in [0.3, 0.4) is 0 Å². The highest BCUT2D eigenvalue weighted by Gasteiger charge is 2.65. The highest BCUT2D eigenvalue weighted by atomic mass is 16.2. The van der Waals surface area contributed by atoms with Crippen LogP contribution in [-0.4, -0.2) is 46.5 Å². The monoisotopic (exact) mass is 416 g/mol. The van der Waals surface area contributed by atoms with Crippen LogP contribution in [-0.2, 0) is 19.2 Å². The molecule has 6 heteroatoms. The van der Waals surface area contributed by atoms with E-state index in [9.17, 15) is 19.2 Å². The number of imide groups is 2. The molecule has 0 radical (unpaired) electrons. The molecule has 0 aromatic heterocycles. The number of nitrogens with zero attached hydrogens (tertiary/aromatic N) is 2. The second kappa shape index (κ2) is 6.39. The van der Waals surface area contributed by atoms with E-state index >= 15 is 0 Å². The minimum absolute atomic E-state index is 0.0441. The molecular weight excluding hydrogens is 380 g/mol. The molecule has 0 unspecified atom stereocenters. The zero-order chi connectivity index (χ0) is 22.3. The van der Waals surface area contributed by atoms with Gasteiger partial charge in [-0.15, -0.1) is 0 Å². The lowest BCUT2D eigenvalue weighted by Crippen LogP contribution is -2.59. The number of hydrogen-bond donors (Lipinski definition) is 0. The number of hydrogen-bond acceptors (Lipinski definition) is 4. The third kappa shape index (κ3) is 2.42. The number of carbonyl (C=O) groups excluding carboxylic acids is 4. The molecule has 2 aliphatic carbocycles. The fourth-order valence-corrected chi connectivity index (χ4v) is 6.77. The molecular formula is C24H36N2O4. The van der Waals surface area contributed by atoms with Gasteiger partial charge >= 0.3 is 0 Å². The molecule has 0 N–H and O–H groups in total. The lowest BCUT2D eigenvalue weighted by Gasteiger charge is -2.48. The van der Waals surface area contributed by atoms with Crippen LogP contribution in [0.25, 0.3) is 0 Å². The van der Waals surface area contributed by atoms with Gasteiger partial charge in [-0.25, -0.2) is 0 Å². The molecule has 2 aliphatic heterocycles. The topological polar surface area (TPSA) is 74.8 Å². The SMILES string of the molecule is CC1(C)[C@@H]2CC[C@@]1(C)C(=O)N(CCCCN1C(=O)[C@@H]3CC[C@@](C)(C1=O)C3(C)C)C2=O. The van der Waals surface area contributed by atoms with E-state index in [2.05, 4.69) is 0 Å². The molecule has 2 saturated heterocycles. The first kappa shape index (κ1) is 21.5. The predicted octanol–water partition coefficient (Wildman–Crippen LogP) is 3.39. The zero-order valence-electron chi connectivity index (χ0n) is 19.3. The molecule has 4 rings (SSSR count). The van der Waals surface area contributed by atoms with Gasteiger partial charge in [-0.1, -0.05) is 41.5 Å². The summed E-state index contributed by atoms with van der Waals surface area (Å²) in [5, 5.41) is 0. The third-order valence-corrected chi connectivity index (χ3v) is 10.0. The number of piperidine rings is 2. The zero-order valence-corrected chi connectivity index (χ0v) is 19.3. The van der Waals surface area contributed by atoms with Gasteiger partial charge in [0.25, 0.3) is 0 Å². The summed E-state index contributed by atoms with van der Waals surface area (Å²) in [6.07, 6.45) is 4.30. The van der Waals surface area contributed by atoms with Crippen molar-refractivity contribution in [2.45, 2.75) is 80.1 Å². The molecule has 0 aromatic rings. The summed E-state index contributed by atoms with van der Waals surface area (Å²) in [6.45, 7) is 12.9. The Balaban J connectivity index is 1.38. The molecule has 4 bridgehead atoms. The van der Waals surface area contributed by atoms with Crippen molar-refractivity contribution in [2.24, 2.45) is 33.5 Å². The van der Waals surface area contributed by atoms with E-state index in [-0.39, 0.29) is 46.3 Å². The summed E-state index contributed by atoms with van der Waals surface area (Å²) in [5.74, 6) is -0.381. The normalized spacial score (nSPS) is 39.3. The number of likely N-dealkylation sites (tertiary alicyclic amines) is 2. The van der Waals surface area contributed by atoms with Gasteiger partial charge in [0, 0.05) is 24.9 Å². The van der Waals surface area contributed by atoms with E-state index in [1.54, 1.807) is 0 Å². The van der Waals surface area contributed by atoms with Crippen LogP contribution < -0.4 is 0 Å². The van der Waals surface area contributed by atoms with Crippen molar-refractivity contribution in [3.8, 4) is 0 Å². The molecule has 0 aromatic carbocycles. The van der Waals surface area contributed by atoms with Gasteiger partial charge in [-0.2, -0.15) is 0 Å².